The van der Waals surface area contributed by atoms with Gasteiger partial charge in [-0.3, -0.25) is 0 Å². The molecule has 1 heterocycles. The van der Waals surface area contributed by atoms with Gasteiger partial charge in [0.15, 0.2) is 0 Å². The van der Waals surface area contributed by atoms with Gasteiger partial charge >= 0.3 is 0 Å². The summed E-state index contributed by atoms with van der Waals surface area (Å²) in [6.45, 7) is 0. The molecule has 10 aromatic carbocycles. The predicted molar refractivity (Wildman–Crippen MR) is 238 cm³/mol. The van der Waals surface area contributed by atoms with Gasteiger partial charge in [-0.1, -0.05) is 152 Å². The number of hydrogen-bond acceptors (Lipinski definition) is 1. The zero-order valence-electron chi connectivity index (χ0n) is 30.5. The van der Waals surface area contributed by atoms with Gasteiger partial charge < -0.3 is 9.47 Å². The molecule has 0 saturated heterocycles. The van der Waals surface area contributed by atoms with Crippen LogP contribution in [0.25, 0.3) is 93.2 Å². The van der Waals surface area contributed by atoms with Gasteiger partial charge in [0.1, 0.15) is 0 Å². The summed E-state index contributed by atoms with van der Waals surface area (Å²) in [5.41, 5.74) is 14.6. The van der Waals surface area contributed by atoms with E-state index < -0.39 is 0 Å². The Morgan fingerprint density at radius 2 is 0.982 bits per heavy atom. The molecule has 2 nitrogen and oxygen atoms in total. The minimum atomic E-state index is 1.12. The number of para-hydroxylation sites is 2. The van der Waals surface area contributed by atoms with Crippen LogP contribution in [0.1, 0.15) is 0 Å². The smallest absolute Gasteiger partial charge is 0.0542 e. The van der Waals surface area contributed by atoms with Crippen LogP contribution in [0.2, 0.25) is 0 Å². The second-order valence-electron chi connectivity index (χ2n) is 14.9. The first-order valence-corrected chi connectivity index (χ1v) is 19.4. The number of hydrogen-bond donors (Lipinski definition) is 0. The van der Waals surface area contributed by atoms with Crippen molar-refractivity contribution < 1.29 is 0 Å². The lowest BCUT2D eigenvalue weighted by molar-refractivity contribution is 1.18. The Labute approximate surface area is 324 Å². The first-order chi connectivity index (χ1) is 27.8. The van der Waals surface area contributed by atoms with Crippen molar-refractivity contribution in [2.24, 2.45) is 0 Å². The molecule has 1 aliphatic carbocycles. The largest absolute Gasteiger partial charge is 0.310 e. The number of fused-ring (bicyclic) bond motifs is 9. The van der Waals surface area contributed by atoms with Crippen molar-refractivity contribution >= 4 is 71.2 Å². The summed E-state index contributed by atoms with van der Waals surface area (Å²) in [4.78, 5) is 2.47. The van der Waals surface area contributed by atoms with Crippen LogP contribution >= 0.6 is 0 Å². The van der Waals surface area contributed by atoms with Crippen LogP contribution in [0.4, 0.5) is 17.1 Å². The number of benzene rings is 10. The average molecular weight is 711 g/mol. The fourth-order valence-electron chi connectivity index (χ4n) is 9.46. The molecule has 0 fully saturated rings. The van der Waals surface area contributed by atoms with Crippen molar-refractivity contribution in [2.45, 2.75) is 0 Å². The third-order valence-corrected chi connectivity index (χ3v) is 11.9. The Morgan fingerprint density at radius 3 is 1.89 bits per heavy atom. The van der Waals surface area contributed by atoms with Gasteiger partial charge in [0.2, 0.25) is 0 Å². The molecular formula is C54H34N2. The minimum Gasteiger partial charge on any atom is -0.310 e. The molecule has 1 aliphatic rings. The van der Waals surface area contributed by atoms with Crippen molar-refractivity contribution in [1.29, 1.82) is 0 Å². The first kappa shape index (κ1) is 31.0. The maximum atomic E-state index is 2.47. The van der Waals surface area contributed by atoms with Gasteiger partial charge in [-0.05, 0) is 109 Å². The van der Waals surface area contributed by atoms with E-state index >= 15 is 0 Å². The average Bonchev–Trinajstić information content (AvgIpc) is 3.78. The Morgan fingerprint density at radius 1 is 0.339 bits per heavy atom. The van der Waals surface area contributed by atoms with E-state index in [9.17, 15) is 0 Å². The zero-order chi connectivity index (χ0) is 36.7. The Bertz CT molecular complexity index is 3370. The molecule has 0 amide bonds. The molecule has 11 aromatic rings. The van der Waals surface area contributed by atoms with E-state index in [2.05, 4.69) is 216 Å². The van der Waals surface area contributed by atoms with E-state index in [0.717, 1.165) is 17.1 Å². The molecule has 12 rings (SSSR count). The van der Waals surface area contributed by atoms with Crippen LogP contribution in [-0.2, 0) is 0 Å². The van der Waals surface area contributed by atoms with Crippen LogP contribution in [0.5, 0.6) is 0 Å². The second-order valence-corrected chi connectivity index (χ2v) is 14.9. The van der Waals surface area contributed by atoms with Gasteiger partial charge in [0.05, 0.1) is 22.4 Å². The fourth-order valence-corrected chi connectivity index (χ4v) is 9.46. The summed E-state index contributed by atoms with van der Waals surface area (Å²) >= 11 is 0. The van der Waals surface area contributed by atoms with E-state index in [1.807, 2.05) is 0 Å². The van der Waals surface area contributed by atoms with Crippen LogP contribution < -0.4 is 4.90 Å². The van der Waals surface area contributed by atoms with E-state index in [-0.39, 0.29) is 0 Å². The van der Waals surface area contributed by atoms with Crippen LogP contribution in [0, 0.1) is 0 Å². The topological polar surface area (TPSA) is 8.17 Å². The summed E-state index contributed by atoms with van der Waals surface area (Å²) < 4.78 is 2.44. The van der Waals surface area contributed by atoms with Gasteiger partial charge in [-0.25, -0.2) is 0 Å². The van der Waals surface area contributed by atoms with E-state index in [0.29, 0.717) is 0 Å². The lowest BCUT2D eigenvalue weighted by atomic mass is 9.96. The monoisotopic (exact) mass is 710 g/mol. The fraction of sp³-hybridized carbons (Fsp3) is 0. The third kappa shape index (κ3) is 4.50. The standard InChI is InChI=1S/C54H34N2/c1-2-14-35(15-3-1)42-21-8-10-25-50(42)56-51-26-11-9-23-44(51)48-34-40(29-31-52(48)56)55(49-27-13-18-36-16-4-6-20-41(36)49)39-28-30-46-47(33-39)45-24-12-19-38-32-37-17-5-7-22-43(37)54(46)53(38)45/h1-34H. The number of nitrogens with zero attached hydrogens (tertiary/aromatic N) is 2. The lowest BCUT2D eigenvalue weighted by Gasteiger charge is -2.28. The number of anilines is 3. The van der Waals surface area contributed by atoms with Gasteiger partial charge in [0, 0.05) is 33.1 Å². The van der Waals surface area contributed by atoms with Gasteiger partial charge in [-0.2, -0.15) is 0 Å². The lowest BCUT2D eigenvalue weighted by Crippen LogP contribution is -2.10. The molecule has 0 saturated carbocycles. The summed E-state index contributed by atoms with van der Waals surface area (Å²) in [5.74, 6) is 0. The van der Waals surface area contributed by atoms with Crippen LogP contribution in [0.15, 0.2) is 206 Å². The highest BCUT2D eigenvalue weighted by molar-refractivity contribution is 6.24. The summed E-state index contributed by atoms with van der Waals surface area (Å²) in [7, 11) is 0. The third-order valence-electron chi connectivity index (χ3n) is 11.9. The molecule has 0 atom stereocenters. The minimum absolute atomic E-state index is 1.12. The van der Waals surface area contributed by atoms with Gasteiger partial charge in [-0.15, -0.1) is 0 Å². The molecule has 0 bridgehead atoms. The molecule has 0 radical (unpaired) electrons. The molecule has 0 aliphatic heterocycles. The SMILES string of the molecule is c1ccc(-c2ccccc2-n2c3ccccc3c3cc(N(c4ccc5c(c4)-c4cccc6cc7ccccc7c-5c46)c4cccc5ccccc45)ccc32)cc1. The molecule has 1 aromatic heterocycles. The van der Waals surface area contributed by atoms with E-state index in [4.69, 9.17) is 0 Å². The molecule has 56 heavy (non-hydrogen) atoms. The number of aromatic nitrogens is 1. The molecule has 0 spiro atoms. The van der Waals surface area contributed by atoms with Gasteiger partial charge in [0.25, 0.3) is 0 Å². The molecule has 2 heteroatoms. The second kappa shape index (κ2) is 12.0. The van der Waals surface area contributed by atoms with E-state index in [1.54, 1.807) is 0 Å². The quantitative estimate of drug-likeness (QED) is 0.161. The van der Waals surface area contributed by atoms with E-state index in [1.165, 1.54) is 93.2 Å². The molecular weight excluding hydrogens is 677 g/mol. The summed E-state index contributed by atoms with van der Waals surface area (Å²) in [6, 6.07) is 75.8. The molecule has 0 N–H and O–H groups in total. The Balaban J connectivity index is 1.11. The predicted octanol–water partition coefficient (Wildman–Crippen LogP) is 15.0. The highest BCUT2D eigenvalue weighted by Gasteiger charge is 2.26. The molecule has 0 unspecified atom stereocenters. The zero-order valence-corrected chi connectivity index (χ0v) is 30.5. The van der Waals surface area contributed by atoms with Crippen molar-refractivity contribution in [1.82, 2.24) is 4.57 Å². The normalized spacial score (nSPS) is 11.9. The highest BCUT2D eigenvalue weighted by atomic mass is 15.1. The maximum Gasteiger partial charge on any atom is 0.0542 e. The molecule has 260 valence electrons. The van der Waals surface area contributed by atoms with Crippen molar-refractivity contribution in [3.63, 3.8) is 0 Å². The summed E-state index contributed by atoms with van der Waals surface area (Å²) in [6.07, 6.45) is 0. The van der Waals surface area contributed by atoms with Crippen molar-refractivity contribution in [3.05, 3.63) is 206 Å². The van der Waals surface area contributed by atoms with Crippen LogP contribution in [-0.4, -0.2) is 4.57 Å². The maximum absolute atomic E-state index is 2.47. The summed E-state index contributed by atoms with van der Waals surface area (Å²) in [5, 5.41) is 10.1. The van der Waals surface area contributed by atoms with Crippen LogP contribution in [0.3, 0.4) is 0 Å². The number of rotatable bonds is 5. The Kier molecular flexibility index (Phi) is 6.66. The Hall–Kier alpha value is -7.42. The van der Waals surface area contributed by atoms with Crippen molar-refractivity contribution in [2.75, 3.05) is 4.90 Å². The highest BCUT2D eigenvalue weighted by Crippen LogP contribution is 2.53. The first-order valence-electron chi connectivity index (χ1n) is 19.4. The van der Waals surface area contributed by atoms with Crippen molar-refractivity contribution in [3.8, 4) is 39.1 Å².